The van der Waals surface area contributed by atoms with Crippen LogP contribution in [0.15, 0.2) is 30.5 Å². The van der Waals surface area contributed by atoms with E-state index in [1.165, 1.54) is 11.3 Å². The number of thiazole rings is 1. The highest BCUT2D eigenvalue weighted by molar-refractivity contribution is 7.15. The van der Waals surface area contributed by atoms with Crippen LogP contribution >= 0.6 is 11.3 Å². The summed E-state index contributed by atoms with van der Waals surface area (Å²) < 4.78 is 4.89. The molecule has 0 aliphatic rings. The fraction of sp³-hybridized carbons (Fsp3) is 0.312. The molecule has 1 aromatic carbocycles. The number of amides is 1. The number of carboxylic acids is 1. The Morgan fingerprint density at radius 1 is 1.35 bits per heavy atom. The van der Waals surface area contributed by atoms with E-state index in [4.69, 9.17) is 4.74 Å². The molecule has 0 bridgehead atoms. The van der Waals surface area contributed by atoms with Crippen molar-refractivity contribution in [1.82, 2.24) is 9.88 Å². The van der Waals surface area contributed by atoms with Crippen LogP contribution in [0.2, 0.25) is 0 Å². The van der Waals surface area contributed by atoms with Crippen molar-refractivity contribution < 1.29 is 19.4 Å². The van der Waals surface area contributed by atoms with E-state index in [9.17, 15) is 14.7 Å². The first-order valence-corrected chi connectivity index (χ1v) is 7.85. The molecule has 2 rings (SSSR count). The molecule has 0 saturated carbocycles. The molecule has 2 aromatic rings. The van der Waals surface area contributed by atoms with Crippen molar-refractivity contribution in [3.63, 3.8) is 0 Å². The predicted octanol–water partition coefficient (Wildman–Crippen LogP) is 2.50. The van der Waals surface area contributed by atoms with Gasteiger partial charge in [0.2, 0.25) is 5.91 Å². The number of hydrogen-bond acceptors (Lipinski definition) is 5. The van der Waals surface area contributed by atoms with Gasteiger partial charge < -0.3 is 14.7 Å². The van der Waals surface area contributed by atoms with Crippen molar-refractivity contribution >= 4 is 23.2 Å². The van der Waals surface area contributed by atoms with Crippen molar-refractivity contribution in [2.75, 3.05) is 20.8 Å². The van der Waals surface area contributed by atoms with E-state index in [2.05, 4.69) is 4.98 Å². The second kappa shape index (κ2) is 7.85. The number of aromatic nitrogens is 1. The van der Waals surface area contributed by atoms with Crippen LogP contribution in [0.5, 0.6) is 0 Å². The van der Waals surface area contributed by atoms with Crippen LogP contribution in [0.25, 0.3) is 10.4 Å². The van der Waals surface area contributed by atoms with Gasteiger partial charge in [-0.05, 0) is 6.07 Å². The zero-order valence-electron chi connectivity index (χ0n) is 13.0. The van der Waals surface area contributed by atoms with E-state index in [0.29, 0.717) is 25.1 Å². The van der Waals surface area contributed by atoms with Gasteiger partial charge in [0.1, 0.15) is 5.01 Å². The number of carbonyl (C=O) groups excluding carboxylic acids is 1. The molecule has 6 nitrogen and oxygen atoms in total. The van der Waals surface area contributed by atoms with Gasteiger partial charge >= 0.3 is 5.97 Å². The van der Waals surface area contributed by atoms with Gasteiger partial charge in [-0.1, -0.05) is 18.2 Å². The number of nitrogens with zero attached hydrogens (tertiary/aromatic N) is 2. The number of benzene rings is 1. The number of hydrogen-bond donors (Lipinski definition) is 1. The second-order valence-electron chi connectivity index (χ2n) is 4.96. The fourth-order valence-corrected chi connectivity index (χ4v) is 3.07. The third-order valence-electron chi connectivity index (χ3n) is 3.29. The fourth-order valence-electron chi connectivity index (χ4n) is 2.06. The Bertz CT molecular complexity index is 699. The number of carbonyl (C=O) groups is 2. The van der Waals surface area contributed by atoms with Crippen LogP contribution < -0.4 is 0 Å². The maximum absolute atomic E-state index is 11.9. The van der Waals surface area contributed by atoms with E-state index >= 15 is 0 Å². The minimum atomic E-state index is -0.970. The summed E-state index contributed by atoms with van der Waals surface area (Å²) in [5.41, 5.74) is 0.879. The number of aromatic carboxylic acids is 1. The Kier molecular flexibility index (Phi) is 5.84. The van der Waals surface area contributed by atoms with Crippen LogP contribution in [0.4, 0.5) is 0 Å². The number of rotatable bonds is 7. The van der Waals surface area contributed by atoms with E-state index in [-0.39, 0.29) is 11.5 Å². The van der Waals surface area contributed by atoms with Gasteiger partial charge in [0.15, 0.2) is 0 Å². The summed E-state index contributed by atoms with van der Waals surface area (Å²) in [7, 11) is 3.27. The molecular formula is C16H18N2O4S. The Morgan fingerprint density at radius 2 is 2.09 bits per heavy atom. The smallest absolute Gasteiger partial charge is 0.336 e. The van der Waals surface area contributed by atoms with Crippen LogP contribution in [-0.2, 0) is 16.1 Å². The Balaban J connectivity index is 2.12. The standard InChI is InChI=1S/C16H18N2O4S/c1-18(15(19)7-8-22-2)10-14-17-9-13(23-14)11-5-3-4-6-12(11)16(20)21/h3-6,9H,7-8,10H2,1-2H3,(H,20,21). The highest BCUT2D eigenvalue weighted by atomic mass is 32.1. The van der Waals surface area contributed by atoms with Crippen LogP contribution in [0, 0.1) is 0 Å². The van der Waals surface area contributed by atoms with E-state index < -0.39 is 5.97 Å². The number of carboxylic acid groups (broad SMARTS) is 1. The molecule has 122 valence electrons. The zero-order valence-corrected chi connectivity index (χ0v) is 13.8. The largest absolute Gasteiger partial charge is 0.478 e. The summed E-state index contributed by atoms with van der Waals surface area (Å²) in [5.74, 6) is -0.989. The number of ether oxygens (including phenoxy) is 1. The van der Waals surface area contributed by atoms with Crippen molar-refractivity contribution in [2.45, 2.75) is 13.0 Å². The highest BCUT2D eigenvalue weighted by Gasteiger charge is 2.15. The molecule has 0 radical (unpaired) electrons. The van der Waals surface area contributed by atoms with Gasteiger partial charge in [-0.15, -0.1) is 11.3 Å². The van der Waals surface area contributed by atoms with Crippen molar-refractivity contribution in [1.29, 1.82) is 0 Å². The SMILES string of the molecule is COCCC(=O)N(C)Cc1ncc(-c2ccccc2C(=O)O)s1. The Labute approximate surface area is 138 Å². The molecule has 0 unspecified atom stereocenters. The van der Waals surface area contributed by atoms with Gasteiger partial charge in [-0.25, -0.2) is 9.78 Å². The molecule has 7 heteroatoms. The van der Waals surface area contributed by atoms with Gasteiger partial charge in [0.25, 0.3) is 0 Å². The first-order chi connectivity index (χ1) is 11.0. The van der Waals surface area contributed by atoms with Gasteiger partial charge in [0, 0.05) is 25.9 Å². The minimum Gasteiger partial charge on any atom is -0.478 e. The lowest BCUT2D eigenvalue weighted by Crippen LogP contribution is -2.26. The van der Waals surface area contributed by atoms with Gasteiger partial charge in [-0.3, -0.25) is 4.79 Å². The molecule has 0 fully saturated rings. The average molecular weight is 334 g/mol. The van der Waals surface area contributed by atoms with E-state index in [0.717, 1.165) is 9.88 Å². The topological polar surface area (TPSA) is 79.7 Å². The summed E-state index contributed by atoms with van der Waals surface area (Å²) in [6, 6.07) is 6.81. The normalized spacial score (nSPS) is 10.5. The minimum absolute atomic E-state index is 0.0189. The van der Waals surface area contributed by atoms with Crippen LogP contribution in [0.1, 0.15) is 21.8 Å². The summed E-state index contributed by atoms with van der Waals surface area (Å²) in [6.45, 7) is 0.779. The van der Waals surface area contributed by atoms with Crippen LogP contribution in [-0.4, -0.2) is 47.6 Å². The monoisotopic (exact) mass is 334 g/mol. The molecule has 23 heavy (non-hydrogen) atoms. The lowest BCUT2D eigenvalue weighted by Gasteiger charge is -2.15. The van der Waals surface area contributed by atoms with Gasteiger partial charge in [0.05, 0.1) is 30.0 Å². The summed E-state index contributed by atoms with van der Waals surface area (Å²) in [6.07, 6.45) is 1.97. The van der Waals surface area contributed by atoms with Crippen molar-refractivity contribution in [3.8, 4) is 10.4 Å². The van der Waals surface area contributed by atoms with Crippen molar-refractivity contribution in [2.24, 2.45) is 0 Å². The van der Waals surface area contributed by atoms with Gasteiger partial charge in [-0.2, -0.15) is 0 Å². The molecule has 1 heterocycles. The van der Waals surface area contributed by atoms with Crippen molar-refractivity contribution in [3.05, 3.63) is 41.0 Å². The molecule has 1 amide bonds. The third kappa shape index (κ3) is 4.37. The lowest BCUT2D eigenvalue weighted by atomic mass is 10.1. The summed E-state index contributed by atoms with van der Waals surface area (Å²) in [4.78, 5) is 29.8. The third-order valence-corrected chi connectivity index (χ3v) is 4.31. The summed E-state index contributed by atoms with van der Waals surface area (Å²) in [5, 5.41) is 10.0. The zero-order chi connectivity index (χ0) is 16.8. The number of methoxy groups -OCH3 is 1. The molecule has 0 aliphatic heterocycles. The molecule has 0 saturated heterocycles. The first kappa shape index (κ1) is 17.1. The highest BCUT2D eigenvalue weighted by Crippen LogP contribution is 2.29. The van der Waals surface area contributed by atoms with Crippen LogP contribution in [0.3, 0.4) is 0 Å². The molecule has 0 atom stereocenters. The lowest BCUT2D eigenvalue weighted by molar-refractivity contribution is -0.131. The molecule has 1 N–H and O–H groups in total. The predicted molar refractivity (Wildman–Crippen MR) is 87.5 cm³/mol. The molecule has 0 aliphatic carbocycles. The maximum atomic E-state index is 11.9. The van der Waals surface area contributed by atoms with E-state index in [1.807, 2.05) is 0 Å². The Hall–Kier alpha value is -2.25. The molecule has 0 spiro atoms. The van der Waals surface area contributed by atoms with E-state index in [1.54, 1.807) is 49.5 Å². The quantitative estimate of drug-likeness (QED) is 0.841. The molecular weight excluding hydrogens is 316 g/mol. The molecule has 1 aromatic heterocycles. The second-order valence-corrected chi connectivity index (χ2v) is 6.08. The maximum Gasteiger partial charge on any atom is 0.336 e. The Morgan fingerprint density at radius 3 is 2.78 bits per heavy atom. The average Bonchev–Trinajstić information content (AvgIpc) is 3.00. The summed E-state index contributed by atoms with van der Waals surface area (Å²) >= 11 is 1.39. The first-order valence-electron chi connectivity index (χ1n) is 7.03.